The van der Waals surface area contributed by atoms with E-state index in [2.05, 4.69) is 16.0 Å². The fraction of sp³-hybridized carbons (Fsp3) is 0.600. The molecule has 0 unspecified atom stereocenters. The van der Waals surface area contributed by atoms with Crippen LogP contribution in [0.4, 0.5) is 4.79 Å². The molecule has 2 amide bonds. The van der Waals surface area contributed by atoms with E-state index in [1.807, 2.05) is 11.0 Å². The van der Waals surface area contributed by atoms with Crippen LogP contribution in [0.25, 0.3) is 10.2 Å². The molecule has 7 nitrogen and oxygen atoms in total. The van der Waals surface area contributed by atoms with Gasteiger partial charge in [-0.25, -0.2) is 4.79 Å². The van der Waals surface area contributed by atoms with Gasteiger partial charge < -0.3 is 23.8 Å². The molecule has 8 heteroatoms. The lowest BCUT2D eigenvalue weighted by Crippen LogP contribution is -2.51. The Labute approximate surface area is 168 Å². The molecule has 0 aliphatic carbocycles. The van der Waals surface area contributed by atoms with E-state index in [0.29, 0.717) is 39.3 Å². The van der Waals surface area contributed by atoms with Gasteiger partial charge in [0, 0.05) is 38.2 Å². The molecule has 2 fully saturated rings. The molecule has 2 aromatic rings. The standard InChI is InChI=1S/C20H27N3O4S/c1-2-26-20(25)22-9-7-21(8-10-22)18(24)17-13-15-6-12-28-19(15)23(17)14-16-5-3-4-11-27-16/h6,12-13,16H,2-5,7-11,14H2,1H3/t16-/m1/s1. The Morgan fingerprint density at radius 2 is 2.00 bits per heavy atom. The van der Waals surface area contributed by atoms with Crippen molar-refractivity contribution in [3.05, 3.63) is 23.2 Å². The van der Waals surface area contributed by atoms with Crippen LogP contribution in [0.3, 0.4) is 0 Å². The van der Waals surface area contributed by atoms with E-state index in [1.54, 1.807) is 23.2 Å². The normalized spacial score (nSPS) is 20.5. The van der Waals surface area contributed by atoms with Gasteiger partial charge in [0.15, 0.2) is 0 Å². The molecule has 2 aliphatic rings. The highest BCUT2D eigenvalue weighted by atomic mass is 32.1. The van der Waals surface area contributed by atoms with Crippen LogP contribution in [0.2, 0.25) is 0 Å². The topological polar surface area (TPSA) is 64.0 Å². The van der Waals surface area contributed by atoms with Gasteiger partial charge in [0.25, 0.3) is 5.91 Å². The molecule has 0 spiro atoms. The number of carbonyl (C=O) groups excluding carboxylic acids is 2. The van der Waals surface area contributed by atoms with Gasteiger partial charge in [-0.3, -0.25) is 4.79 Å². The second-order valence-corrected chi connectivity index (χ2v) is 8.18. The number of rotatable bonds is 4. The van der Waals surface area contributed by atoms with Crippen molar-refractivity contribution in [2.45, 2.75) is 38.8 Å². The molecule has 152 valence electrons. The third kappa shape index (κ3) is 3.89. The number of ether oxygens (including phenoxy) is 2. The van der Waals surface area contributed by atoms with Crippen LogP contribution in [-0.2, 0) is 16.0 Å². The summed E-state index contributed by atoms with van der Waals surface area (Å²) in [5.41, 5.74) is 0.723. The predicted molar refractivity (Wildman–Crippen MR) is 108 cm³/mol. The summed E-state index contributed by atoms with van der Waals surface area (Å²) in [5.74, 6) is 0.0303. The quantitative estimate of drug-likeness (QED) is 0.784. The lowest BCUT2D eigenvalue weighted by atomic mass is 10.1. The van der Waals surface area contributed by atoms with Crippen LogP contribution in [0.15, 0.2) is 17.5 Å². The third-order valence-electron chi connectivity index (χ3n) is 5.47. The van der Waals surface area contributed by atoms with Crippen LogP contribution in [0.5, 0.6) is 0 Å². The second-order valence-electron chi connectivity index (χ2n) is 7.29. The summed E-state index contributed by atoms with van der Waals surface area (Å²) in [4.78, 5) is 29.8. The van der Waals surface area contributed by atoms with E-state index in [0.717, 1.165) is 35.4 Å². The van der Waals surface area contributed by atoms with E-state index in [-0.39, 0.29) is 18.1 Å². The Balaban J connectivity index is 1.49. The van der Waals surface area contributed by atoms with Crippen molar-refractivity contribution < 1.29 is 19.1 Å². The highest BCUT2D eigenvalue weighted by molar-refractivity contribution is 7.16. The molecule has 0 saturated carbocycles. The molecule has 0 radical (unpaired) electrons. The largest absolute Gasteiger partial charge is 0.450 e. The number of piperazine rings is 1. The Bertz CT molecular complexity index is 832. The van der Waals surface area contributed by atoms with Crippen molar-refractivity contribution in [1.29, 1.82) is 0 Å². The molecule has 0 N–H and O–H groups in total. The molecule has 0 aromatic carbocycles. The predicted octanol–water partition coefficient (Wildman–Crippen LogP) is 3.19. The number of amides is 2. The maximum atomic E-state index is 13.3. The van der Waals surface area contributed by atoms with Crippen molar-refractivity contribution in [3.63, 3.8) is 0 Å². The maximum absolute atomic E-state index is 13.3. The summed E-state index contributed by atoms with van der Waals surface area (Å²) in [6, 6.07) is 4.06. The van der Waals surface area contributed by atoms with Crippen LogP contribution in [0, 0.1) is 0 Å². The van der Waals surface area contributed by atoms with Gasteiger partial charge in [-0.1, -0.05) is 0 Å². The summed E-state index contributed by atoms with van der Waals surface area (Å²) >= 11 is 1.66. The van der Waals surface area contributed by atoms with Gasteiger partial charge in [0.1, 0.15) is 10.5 Å². The average molecular weight is 406 g/mol. The first-order valence-corrected chi connectivity index (χ1v) is 10.9. The zero-order chi connectivity index (χ0) is 19.5. The number of carbonyl (C=O) groups is 2. The van der Waals surface area contributed by atoms with E-state index in [1.165, 1.54) is 6.42 Å². The van der Waals surface area contributed by atoms with Crippen LogP contribution in [0.1, 0.15) is 36.7 Å². The minimum Gasteiger partial charge on any atom is -0.450 e. The maximum Gasteiger partial charge on any atom is 0.409 e. The van der Waals surface area contributed by atoms with Crippen LogP contribution >= 0.6 is 11.3 Å². The smallest absolute Gasteiger partial charge is 0.409 e. The van der Waals surface area contributed by atoms with Gasteiger partial charge in [0.05, 0.1) is 19.3 Å². The minimum absolute atomic E-state index is 0.0303. The first kappa shape index (κ1) is 19.3. The second kappa shape index (κ2) is 8.53. The molecule has 2 aliphatic heterocycles. The molecule has 4 rings (SSSR count). The summed E-state index contributed by atoms with van der Waals surface area (Å²) in [5, 5.41) is 3.17. The fourth-order valence-corrected chi connectivity index (χ4v) is 4.86. The summed E-state index contributed by atoms with van der Waals surface area (Å²) in [7, 11) is 0. The number of hydrogen-bond acceptors (Lipinski definition) is 5. The number of hydrogen-bond donors (Lipinski definition) is 0. The van der Waals surface area contributed by atoms with Gasteiger partial charge in [-0.15, -0.1) is 11.3 Å². The van der Waals surface area contributed by atoms with E-state index in [4.69, 9.17) is 9.47 Å². The van der Waals surface area contributed by atoms with Gasteiger partial charge >= 0.3 is 6.09 Å². The van der Waals surface area contributed by atoms with E-state index in [9.17, 15) is 9.59 Å². The molecular weight excluding hydrogens is 378 g/mol. The van der Waals surface area contributed by atoms with Crippen molar-refractivity contribution in [1.82, 2.24) is 14.4 Å². The number of aromatic nitrogens is 1. The fourth-order valence-electron chi connectivity index (χ4n) is 3.96. The lowest BCUT2D eigenvalue weighted by molar-refractivity contribution is 0.00616. The molecule has 4 heterocycles. The molecular formula is C20H27N3O4S. The van der Waals surface area contributed by atoms with Crippen molar-refractivity contribution in [2.24, 2.45) is 0 Å². The zero-order valence-electron chi connectivity index (χ0n) is 16.3. The van der Waals surface area contributed by atoms with Crippen molar-refractivity contribution in [3.8, 4) is 0 Å². The summed E-state index contributed by atoms with van der Waals surface area (Å²) < 4.78 is 13.1. The molecule has 0 bridgehead atoms. The van der Waals surface area contributed by atoms with Crippen LogP contribution in [-0.4, -0.2) is 71.9 Å². The number of fused-ring (bicyclic) bond motifs is 1. The number of thiophene rings is 1. The SMILES string of the molecule is CCOC(=O)N1CCN(C(=O)c2cc3ccsc3n2C[C@H]2CCCCO2)CC1. The monoisotopic (exact) mass is 405 g/mol. The Kier molecular flexibility index (Phi) is 5.87. The molecule has 2 saturated heterocycles. The summed E-state index contributed by atoms with van der Waals surface area (Å²) in [6.07, 6.45) is 3.20. The third-order valence-corrected chi connectivity index (χ3v) is 6.43. The minimum atomic E-state index is -0.298. The first-order valence-electron chi connectivity index (χ1n) is 10.1. The van der Waals surface area contributed by atoms with E-state index >= 15 is 0 Å². The number of nitrogens with zero attached hydrogens (tertiary/aromatic N) is 3. The van der Waals surface area contributed by atoms with Gasteiger partial charge in [-0.05, 0) is 43.7 Å². The molecule has 2 aromatic heterocycles. The Morgan fingerprint density at radius 1 is 1.21 bits per heavy atom. The first-order chi connectivity index (χ1) is 13.7. The van der Waals surface area contributed by atoms with E-state index < -0.39 is 0 Å². The Hall–Kier alpha value is -2.06. The zero-order valence-corrected chi connectivity index (χ0v) is 17.1. The van der Waals surface area contributed by atoms with Gasteiger partial charge in [-0.2, -0.15) is 0 Å². The Morgan fingerprint density at radius 3 is 2.71 bits per heavy atom. The average Bonchev–Trinajstić information content (AvgIpc) is 3.31. The highest BCUT2D eigenvalue weighted by Gasteiger charge is 2.28. The molecule has 1 atom stereocenters. The van der Waals surface area contributed by atoms with Crippen molar-refractivity contribution in [2.75, 3.05) is 39.4 Å². The highest BCUT2D eigenvalue weighted by Crippen LogP contribution is 2.28. The lowest BCUT2D eigenvalue weighted by Gasteiger charge is -2.34. The summed E-state index contributed by atoms with van der Waals surface area (Å²) in [6.45, 7) is 5.75. The van der Waals surface area contributed by atoms with Crippen LogP contribution < -0.4 is 0 Å². The molecule has 28 heavy (non-hydrogen) atoms. The van der Waals surface area contributed by atoms with Crippen molar-refractivity contribution >= 4 is 33.6 Å². The van der Waals surface area contributed by atoms with Gasteiger partial charge in [0.2, 0.25) is 0 Å².